The number of hydrogen-bond acceptors (Lipinski definition) is 2. The molecule has 0 unspecified atom stereocenters. The predicted octanol–water partition coefficient (Wildman–Crippen LogP) is 15.2. The van der Waals surface area contributed by atoms with Crippen molar-refractivity contribution in [2.75, 3.05) is 4.90 Å². The minimum Gasteiger partial charge on any atom is -0.311 e. The van der Waals surface area contributed by atoms with E-state index in [-0.39, 0.29) is 5.41 Å². The van der Waals surface area contributed by atoms with Gasteiger partial charge in [0.05, 0.1) is 11.6 Å². The second kappa shape index (κ2) is 13.1. The Balaban J connectivity index is 0.941. The quantitative estimate of drug-likeness (QED) is 0.159. The fourth-order valence-corrected chi connectivity index (χ4v) is 9.42. The topological polar surface area (TPSA) is 27.0 Å². The average Bonchev–Trinajstić information content (AvgIpc) is 3.51. The summed E-state index contributed by atoms with van der Waals surface area (Å²) in [4.78, 5) is 2.25. The monoisotopic (exact) mass is 738 g/mol. The summed E-state index contributed by atoms with van der Waals surface area (Å²) in [6.07, 6.45) is 0. The normalized spacial score (nSPS) is 12.8. The fraction of sp³-hybridized carbons (Fsp3) is 0.0536. The maximum absolute atomic E-state index is 9.49. The number of hydrogen-bond donors (Lipinski definition) is 0. The van der Waals surface area contributed by atoms with Crippen molar-refractivity contribution >= 4 is 49.4 Å². The van der Waals surface area contributed by atoms with Crippen molar-refractivity contribution in [1.82, 2.24) is 0 Å². The van der Waals surface area contributed by atoms with Crippen LogP contribution in [0.15, 0.2) is 194 Å². The summed E-state index contributed by atoms with van der Waals surface area (Å²) in [5.41, 5.74) is 16.4. The molecular weight excluding hydrogens is 701 g/mol. The number of rotatable bonds is 6. The van der Waals surface area contributed by atoms with Crippen molar-refractivity contribution in [1.29, 1.82) is 5.26 Å². The van der Waals surface area contributed by atoms with E-state index in [1.54, 1.807) is 0 Å². The average molecular weight is 739 g/mol. The lowest BCUT2D eigenvalue weighted by Gasteiger charge is -2.26. The smallest absolute Gasteiger partial charge is 0.0991 e. The highest BCUT2D eigenvalue weighted by molar-refractivity contribution is 6.24. The molecule has 0 amide bonds. The van der Waals surface area contributed by atoms with Crippen LogP contribution in [0.2, 0.25) is 0 Å². The van der Waals surface area contributed by atoms with Gasteiger partial charge in [-0.25, -0.2) is 0 Å². The maximum Gasteiger partial charge on any atom is 0.0991 e. The molecule has 2 heteroatoms. The molecule has 2 nitrogen and oxygen atoms in total. The summed E-state index contributed by atoms with van der Waals surface area (Å²) in [5, 5.41) is 17.2. The molecule has 272 valence electrons. The summed E-state index contributed by atoms with van der Waals surface area (Å²) in [7, 11) is 0. The predicted molar refractivity (Wildman–Crippen MR) is 243 cm³/mol. The number of nitriles is 1. The molecule has 11 rings (SSSR count). The lowest BCUT2D eigenvalue weighted by atomic mass is 9.81. The van der Waals surface area contributed by atoms with Gasteiger partial charge in [-0.2, -0.15) is 5.26 Å². The Labute approximate surface area is 338 Å². The Hall–Kier alpha value is -7.47. The highest BCUT2D eigenvalue weighted by Crippen LogP contribution is 2.50. The molecule has 10 aromatic rings. The van der Waals surface area contributed by atoms with Gasteiger partial charge in [-0.3, -0.25) is 0 Å². The highest BCUT2D eigenvalue weighted by Gasteiger charge is 2.35. The van der Waals surface area contributed by atoms with Crippen LogP contribution in [0.5, 0.6) is 0 Å². The second-order valence-corrected chi connectivity index (χ2v) is 16.1. The molecule has 0 aliphatic heterocycles. The number of nitrogens with zero attached hydrogens (tertiary/aromatic N) is 2. The van der Waals surface area contributed by atoms with Crippen LogP contribution in [0.4, 0.5) is 17.1 Å². The molecule has 0 heterocycles. The van der Waals surface area contributed by atoms with Crippen molar-refractivity contribution in [3.63, 3.8) is 0 Å². The first-order chi connectivity index (χ1) is 28.4. The van der Waals surface area contributed by atoms with E-state index in [2.05, 4.69) is 189 Å². The van der Waals surface area contributed by atoms with Crippen LogP contribution in [0.25, 0.3) is 76.8 Å². The van der Waals surface area contributed by atoms with Crippen LogP contribution in [0.3, 0.4) is 0 Å². The largest absolute Gasteiger partial charge is 0.311 e. The van der Waals surface area contributed by atoms with Crippen LogP contribution < -0.4 is 4.90 Å². The molecule has 0 saturated carbocycles. The van der Waals surface area contributed by atoms with Crippen molar-refractivity contribution in [2.24, 2.45) is 0 Å². The van der Waals surface area contributed by atoms with Gasteiger partial charge < -0.3 is 4.90 Å². The number of benzene rings is 10. The van der Waals surface area contributed by atoms with E-state index < -0.39 is 0 Å². The summed E-state index contributed by atoms with van der Waals surface area (Å²) in [5.74, 6) is 0. The minimum atomic E-state index is -0.0322. The zero-order valence-corrected chi connectivity index (χ0v) is 32.4. The molecule has 0 saturated heterocycles. The van der Waals surface area contributed by atoms with Gasteiger partial charge >= 0.3 is 0 Å². The van der Waals surface area contributed by atoms with E-state index in [0.717, 1.165) is 22.6 Å². The maximum atomic E-state index is 9.49. The Morgan fingerprint density at radius 1 is 0.379 bits per heavy atom. The Kier molecular flexibility index (Phi) is 7.61. The molecule has 1 aliphatic rings. The molecule has 58 heavy (non-hydrogen) atoms. The molecule has 10 aromatic carbocycles. The van der Waals surface area contributed by atoms with Gasteiger partial charge in [-0.05, 0) is 167 Å². The zero-order valence-electron chi connectivity index (χ0n) is 32.4. The zero-order chi connectivity index (χ0) is 39.0. The minimum absolute atomic E-state index is 0.0322. The van der Waals surface area contributed by atoms with E-state index in [9.17, 15) is 5.26 Å². The van der Waals surface area contributed by atoms with Gasteiger partial charge in [-0.15, -0.1) is 0 Å². The molecular formula is C56H38N2. The third-order valence-electron chi connectivity index (χ3n) is 12.4. The van der Waals surface area contributed by atoms with Crippen LogP contribution in [-0.4, -0.2) is 0 Å². The molecule has 1 aliphatic carbocycles. The lowest BCUT2D eigenvalue weighted by molar-refractivity contribution is 0.660. The van der Waals surface area contributed by atoms with Gasteiger partial charge in [0.15, 0.2) is 0 Å². The summed E-state index contributed by atoms with van der Waals surface area (Å²) < 4.78 is 0. The molecule has 0 spiro atoms. The third kappa shape index (κ3) is 5.40. The number of fused-ring (bicyclic) bond motifs is 3. The van der Waals surface area contributed by atoms with E-state index >= 15 is 0 Å². The molecule has 0 N–H and O–H groups in total. The van der Waals surface area contributed by atoms with Gasteiger partial charge in [0, 0.05) is 22.5 Å². The molecule has 0 fully saturated rings. The van der Waals surface area contributed by atoms with Gasteiger partial charge in [0.25, 0.3) is 0 Å². The van der Waals surface area contributed by atoms with Crippen molar-refractivity contribution in [2.45, 2.75) is 19.3 Å². The highest BCUT2D eigenvalue weighted by atomic mass is 15.1. The Morgan fingerprint density at radius 2 is 0.810 bits per heavy atom. The van der Waals surface area contributed by atoms with Crippen molar-refractivity contribution in [3.8, 4) is 50.6 Å². The molecule has 0 atom stereocenters. The molecule has 0 bridgehead atoms. The lowest BCUT2D eigenvalue weighted by Crippen LogP contribution is -2.14. The summed E-state index contributed by atoms with van der Waals surface area (Å²) in [6, 6.07) is 72.5. The first-order valence-corrected chi connectivity index (χ1v) is 20.0. The van der Waals surface area contributed by atoms with Crippen LogP contribution in [0.1, 0.15) is 30.5 Å². The molecule has 0 radical (unpaired) electrons. The van der Waals surface area contributed by atoms with Gasteiger partial charge in [-0.1, -0.05) is 129 Å². The summed E-state index contributed by atoms with van der Waals surface area (Å²) in [6.45, 7) is 4.70. The Morgan fingerprint density at radius 3 is 1.36 bits per heavy atom. The van der Waals surface area contributed by atoms with E-state index in [4.69, 9.17) is 0 Å². The molecule has 0 aromatic heterocycles. The first kappa shape index (κ1) is 33.8. The third-order valence-corrected chi connectivity index (χ3v) is 12.4. The Bertz CT molecular complexity index is 3160. The fourth-order valence-electron chi connectivity index (χ4n) is 9.42. The SMILES string of the molecule is CC1(C)c2ccccc2-c2ccc(-c3cc4ccc5cc(-c6ccc(N(c7ccc(C#N)cc7)c7ccc(-c8ccccc8)cc7)cc6)cc6ccc(c3)c4c56)cc21. The van der Waals surface area contributed by atoms with Crippen molar-refractivity contribution in [3.05, 3.63) is 211 Å². The van der Waals surface area contributed by atoms with Gasteiger partial charge in [0.2, 0.25) is 0 Å². The first-order valence-electron chi connectivity index (χ1n) is 20.0. The van der Waals surface area contributed by atoms with E-state index in [1.165, 1.54) is 82.4 Å². The van der Waals surface area contributed by atoms with E-state index in [0.29, 0.717) is 5.56 Å². The van der Waals surface area contributed by atoms with E-state index in [1.807, 2.05) is 30.3 Å². The summed E-state index contributed by atoms with van der Waals surface area (Å²) >= 11 is 0. The van der Waals surface area contributed by atoms with Crippen LogP contribution in [-0.2, 0) is 5.41 Å². The second-order valence-electron chi connectivity index (χ2n) is 16.1. The van der Waals surface area contributed by atoms with Gasteiger partial charge in [0.1, 0.15) is 0 Å². The van der Waals surface area contributed by atoms with Crippen molar-refractivity contribution < 1.29 is 0 Å². The van der Waals surface area contributed by atoms with Crippen LogP contribution in [0, 0.1) is 11.3 Å². The number of anilines is 3. The van der Waals surface area contributed by atoms with Crippen LogP contribution >= 0.6 is 0 Å². The standard InChI is InChI=1S/C56H38N2/c1-56(2)52-11-7-6-10-50(52)51-29-22-40(34-53(51)56)46-32-43-16-14-41-30-45(31-42-15-17-44(33-46)55(43)54(41)42)39-20-27-49(28-21-39)58(47-23-12-36(35-57)13-24-47)48-25-18-38(19-26-48)37-8-4-3-5-9-37/h3-34H,1-2H3.